The monoisotopic (exact) mass is 327 g/mol. The first-order chi connectivity index (χ1) is 12.2. The number of rotatable bonds is 4. The number of nitrogens with zero attached hydrogens (tertiary/aromatic N) is 2. The molecule has 0 unspecified atom stereocenters. The van der Waals surface area contributed by atoms with Gasteiger partial charge in [0, 0.05) is 17.5 Å². The molecule has 2 N–H and O–H groups in total. The van der Waals surface area contributed by atoms with Gasteiger partial charge in [0.2, 0.25) is 0 Å². The molecule has 0 aliphatic carbocycles. The third-order valence-corrected chi connectivity index (χ3v) is 4.56. The third-order valence-electron chi connectivity index (χ3n) is 4.56. The zero-order valence-corrected chi connectivity index (χ0v) is 14.3. The van der Waals surface area contributed by atoms with Crippen LogP contribution in [0.4, 0.5) is 0 Å². The van der Waals surface area contributed by atoms with Crippen LogP contribution in [0.25, 0.3) is 22.2 Å². The summed E-state index contributed by atoms with van der Waals surface area (Å²) in [5.74, 6) is 0. The highest BCUT2D eigenvalue weighted by molar-refractivity contribution is 5.93. The summed E-state index contributed by atoms with van der Waals surface area (Å²) in [6.07, 6.45) is 0. The molecule has 0 fully saturated rings. The molecular weight excluding hydrogens is 306 g/mol. The summed E-state index contributed by atoms with van der Waals surface area (Å²) < 4.78 is 2.10. The second kappa shape index (κ2) is 6.54. The maximum absolute atomic E-state index is 5.74. The molecule has 3 nitrogen and oxygen atoms in total. The number of aromatic nitrogens is 2. The first kappa shape index (κ1) is 15.6. The summed E-state index contributed by atoms with van der Waals surface area (Å²) >= 11 is 0. The molecule has 1 heterocycles. The van der Waals surface area contributed by atoms with Gasteiger partial charge >= 0.3 is 0 Å². The topological polar surface area (TPSA) is 43.8 Å². The molecule has 0 aliphatic heterocycles. The van der Waals surface area contributed by atoms with E-state index in [2.05, 4.69) is 78.3 Å². The summed E-state index contributed by atoms with van der Waals surface area (Å²) in [5.41, 5.74) is 12.7. The van der Waals surface area contributed by atoms with Gasteiger partial charge in [-0.1, -0.05) is 72.3 Å². The number of benzene rings is 3. The molecule has 124 valence electrons. The lowest BCUT2D eigenvalue weighted by atomic mass is 10.1. The lowest BCUT2D eigenvalue weighted by Crippen LogP contribution is -2.04. The smallest absolute Gasteiger partial charge is 0.0930 e. The van der Waals surface area contributed by atoms with E-state index in [0.29, 0.717) is 6.54 Å². The molecule has 3 aromatic carbocycles. The van der Waals surface area contributed by atoms with E-state index in [0.717, 1.165) is 28.9 Å². The summed E-state index contributed by atoms with van der Waals surface area (Å²) in [5, 5.41) is 6.02. The lowest BCUT2D eigenvalue weighted by molar-refractivity contribution is 0.703. The van der Waals surface area contributed by atoms with Crippen LogP contribution in [0, 0.1) is 6.92 Å². The molecule has 0 radical (unpaired) electrons. The van der Waals surface area contributed by atoms with E-state index >= 15 is 0 Å². The molecule has 4 rings (SSSR count). The zero-order valence-electron chi connectivity index (χ0n) is 14.3. The molecule has 25 heavy (non-hydrogen) atoms. The number of nitrogens with two attached hydrogens (primary N) is 1. The van der Waals surface area contributed by atoms with Crippen LogP contribution < -0.4 is 5.73 Å². The molecule has 0 spiro atoms. The second-order valence-electron chi connectivity index (χ2n) is 6.41. The number of hydrogen-bond acceptors (Lipinski definition) is 2. The quantitative estimate of drug-likeness (QED) is 0.599. The van der Waals surface area contributed by atoms with E-state index in [1.807, 2.05) is 6.07 Å². The van der Waals surface area contributed by atoms with Crippen molar-refractivity contribution in [2.24, 2.45) is 5.73 Å². The van der Waals surface area contributed by atoms with Gasteiger partial charge < -0.3 is 5.73 Å². The van der Waals surface area contributed by atoms with Crippen LogP contribution in [-0.4, -0.2) is 9.78 Å². The first-order valence-electron chi connectivity index (χ1n) is 8.55. The summed E-state index contributed by atoms with van der Waals surface area (Å²) in [4.78, 5) is 0. The van der Waals surface area contributed by atoms with Crippen LogP contribution in [0.1, 0.15) is 16.7 Å². The highest BCUT2D eigenvalue weighted by Gasteiger charge is 2.13. The van der Waals surface area contributed by atoms with Gasteiger partial charge in [-0.25, -0.2) is 0 Å². The van der Waals surface area contributed by atoms with Gasteiger partial charge in [-0.05, 0) is 24.1 Å². The largest absolute Gasteiger partial charge is 0.326 e. The fourth-order valence-electron chi connectivity index (χ4n) is 3.16. The Morgan fingerprint density at radius 2 is 1.52 bits per heavy atom. The predicted molar refractivity (Wildman–Crippen MR) is 103 cm³/mol. The minimum Gasteiger partial charge on any atom is -0.326 e. The Morgan fingerprint density at radius 3 is 2.24 bits per heavy atom. The van der Waals surface area contributed by atoms with Crippen LogP contribution in [0.5, 0.6) is 0 Å². The number of aryl methyl sites for hydroxylation is 1. The Bertz CT molecular complexity index is 996. The minimum atomic E-state index is 0.559. The molecule has 0 bridgehead atoms. The van der Waals surface area contributed by atoms with Crippen molar-refractivity contribution in [3.63, 3.8) is 0 Å². The summed E-state index contributed by atoms with van der Waals surface area (Å²) in [6.45, 7) is 3.42. The van der Waals surface area contributed by atoms with E-state index in [-0.39, 0.29) is 0 Å². The van der Waals surface area contributed by atoms with Gasteiger partial charge in [-0.2, -0.15) is 5.10 Å². The van der Waals surface area contributed by atoms with E-state index in [1.54, 1.807) is 0 Å². The summed E-state index contributed by atoms with van der Waals surface area (Å²) in [7, 11) is 0. The average Bonchev–Trinajstić information content (AvgIpc) is 3.01. The maximum Gasteiger partial charge on any atom is 0.0930 e. The molecular formula is C22H21N3. The normalized spacial score (nSPS) is 11.1. The number of fused-ring (bicyclic) bond motifs is 1. The third kappa shape index (κ3) is 3.06. The average molecular weight is 327 g/mol. The van der Waals surface area contributed by atoms with Crippen molar-refractivity contribution in [2.75, 3.05) is 0 Å². The Kier molecular flexibility index (Phi) is 4.08. The van der Waals surface area contributed by atoms with Crippen LogP contribution in [0.15, 0.2) is 72.8 Å². The molecule has 0 amide bonds. The van der Waals surface area contributed by atoms with Crippen LogP contribution in [-0.2, 0) is 13.1 Å². The maximum atomic E-state index is 5.74. The SMILES string of the molecule is Cc1ccc(Cn2nc3ccccc3c2-c2ccc(CN)cc2)cc1. The van der Waals surface area contributed by atoms with Gasteiger partial charge in [0.15, 0.2) is 0 Å². The van der Waals surface area contributed by atoms with E-state index < -0.39 is 0 Å². The van der Waals surface area contributed by atoms with E-state index in [4.69, 9.17) is 10.8 Å². The molecule has 0 aliphatic rings. The van der Waals surface area contributed by atoms with E-state index in [1.165, 1.54) is 16.5 Å². The Labute approximate surface area is 147 Å². The van der Waals surface area contributed by atoms with Gasteiger partial charge in [0.1, 0.15) is 0 Å². The fraction of sp³-hybridized carbons (Fsp3) is 0.136. The standard InChI is InChI=1S/C22H21N3/c1-16-6-8-18(9-7-16)15-25-22(19-12-10-17(14-23)11-13-19)20-4-2-3-5-21(20)24-25/h2-13H,14-15,23H2,1H3. The van der Waals surface area contributed by atoms with Crippen LogP contribution in [0.2, 0.25) is 0 Å². The summed E-state index contributed by atoms with van der Waals surface area (Å²) in [6, 6.07) is 25.4. The Balaban J connectivity index is 1.83. The number of hydrogen-bond donors (Lipinski definition) is 1. The zero-order chi connectivity index (χ0) is 17.2. The van der Waals surface area contributed by atoms with Crippen molar-refractivity contribution in [2.45, 2.75) is 20.0 Å². The van der Waals surface area contributed by atoms with Crippen LogP contribution >= 0.6 is 0 Å². The van der Waals surface area contributed by atoms with Gasteiger partial charge in [0.25, 0.3) is 0 Å². The second-order valence-corrected chi connectivity index (χ2v) is 6.41. The molecule has 1 aromatic heterocycles. The minimum absolute atomic E-state index is 0.559. The van der Waals surface area contributed by atoms with Crippen molar-refractivity contribution in [1.82, 2.24) is 9.78 Å². The van der Waals surface area contributed by atoms with Crippen molar-refractivity contribution >= 4 is 10.9 Å². The molecule has 0 atom stereocenters. The van der Waals surface area contributed by atoms with Crippen LogP contribution in [0.3, 0.4) is 0 Å². The van der Waals surface area contributed by atoms with Crippen molar-refractivity contribution in [1.29, 1.82) is 0 Å². The van der Waals surface area contributed by atoms with Gasteiger partial charge in [-0.15, -0.1) is 0 Å². The van der Waals surface area contributed by atoms with E-state index in [9.17, 15) is 0 Å². The van der Waals surface area contributed by atoms with Crippen molar-refractivity contribution in [3.8, 4) is 11.3 Å². The predicted octanol–water partition coefficient (Wildman–Crippen LogP) is 4.52. The van der Waals surface area contributed by atoms with Gasteiger partial charge in [-0.3, -0.25) is 4.68 Å². The van der Waals surface area contributed by atoms with Crippen molar-refractivity contribution < 1.29 is 0 Å². The lowest BCUT2D eigenvalue weighted by Gasteiger charge is -2.09. The fourth-order valence-corrected chi connectivity index (χ4v) is 3.16. The Hall–Kier alpha value is -2.91. The van der Waals surface area contributed by atoms with Gasteiger partial charge in [0.05, 0.1) is 17.8 Å². The highest BCUT2D eigenvalue weighted by atomic mass is 15.3. The van der Waals surface area contributed by atoms with Crippen molar-refractivity contribution in [3.05, 3.63) is 89.5 Å². The molecule has 3 heteroatoms. The first-order valence-corrected chi connectivity index (χ1v) is 8.55. The molecule has 0 saturated heterocycles. The highest BCUT2D eigenvalue weighted by Crippen LogP contribution is 2.29. The Morgan fingerprint density at radius 1 is 0.840 bits per heavy atom. The molecule has 0 saturated carbocycles. The molecule has 4 aromatic rings.